The molecule has 1 fully saturated rings. The van der Waals surface area contributed by atoms with E-state index >= 15 is 0 Å². The molecule has 0 amide bonds. The third-order valence-corrected chi connectivity index (χ3v) is 5.23. The molecule has 0 unspecified atom stereocenters. The van der Waals surface area contributed by atoms with Crippen LogP contribution in [0, 0.1) is 5.82 Å². The first-order valence-corrected chi connectivity index (χ1v) is 10.2. The third kappa shape index (κ3) is 5.15. The number of halogens is 1. The van der Waals surface area contributed by atoms with E-state index in [2.05, 4.69) is 39.8 Å². The number of benzene rings is 2. The standard InChI is InChI=1S/C24H29FO4/c1-14(2)17-9-21(15(3)4)24(22(10-17)16-5-7-18(25)8-6-16)28-13-20-11-19(26)12-23(27)29-20/h5-10,14-15,19-20,26H,11-13H2,1-4H3/t19-,20+/m1/s1. The molecule has 1 N–H and O–H groups in total. The van der Waals surface area contributed by atoms with Crippen molar-refractivity contribution in [1.29, 1.82) is 0 Å². The predicted molar refractivity (Wildman–Crippen MR) is 111 cm³/mol. The molecule has 1 aliphatic heterocycles. The number of esters is 1. The normalized spacial score (nSPS) is 19.5. The molecule has 1 aliphatic rings. The van der Waals surface area contributed by atoms with E-state index in [0.717, 1.165) is 16.7 Å². The highest BCUT2D eigenvalue weighted by Gasteiger charge is 2.28. The Morgan fingerprint density at radius 3 is 2.41 bits per heavy atom. The van der Waals surface area contributed by atoms with Gasteiger partial charge in [0.1, 0.15) is 24.3 Å². The van der Waals surface area contributed by atoms with E-state index in [4.69, 9.17) is 9.47 Å². The van der Waals surface area contributed by atoms with Gasteiger partial charge in [-0.3, -0.25) is 4.79 Å². The van der Waals surface area contributed by atoms with E-state index < -0.39 is 18.2 Å². The summed E-state index contributed by atoms with van der Waals surface area (Å²) >= 11 is 0. The zero-order valence-electron chi connectivity index (χ0n) is 17.4. The molecule has 0 aromatic heterocycles. The molecule has 2 aromatic carbocycles. The van der Waals surface area contributed by atoms with Crippen LogP contribution in [0.2, 0.25) is 0 Å². The van der Waals surface area contributed by atoms with Gasteiger partial charge in [-0.25, -0.2) is 4.39 Å². The van der Waals surface area contributed by atoms with E-state index in [1.54, 1.807) is 12.1 Å². The van der Waals surface area contributed by atoms with Crippen molar-refractivity contribution in [3.05, 3.63) is 53.3 Å². The van der Waals surface area contributed by atoms with Crippen LogP contribution in [-0.2, 0) is 9.53 Å². The van der Waals surface area contributed by atoms with Crippen LogP contribution in [0.15, 0.2) is 36.4 Å². The van der Waals surface area contributed by atoms with Crippen LogP contribution >= 0.6 is 0 Å². The molecule has 3 rings (SSSR count). The Morgan fingerprint density at radius 1 is 1.14 bits per heavy atom. The van der Waals surface area contributed by atoms with Crippen molar-refractivity contribution in [2.75, 3.05) is 6.61 Å². The van der Waals surface area contributed by atoms with Gasteiger partial charge in [-0.1, -0.05) is 45.9 Å². The lowest BCUT2D eigenvalue weighted by Crippen LogP contribution is -2.36. The summed E-state index contributed by atoms with van der Waals surface area (Å²) in [5.41, 5.74) is 3.99. The minimum absolute atomic E-state index is 0.0255. The maximum atomic E-state index is 13.5. The summed E-state index contributed by atoms with van der Waals surface area (Å²) in [7, 11) is 0. The summed E-state index contributed by atoms with van der Waals surface area (Å²) in [6, 6.07) is 10.6. The molecule has 1 heterocycles. The lowest BCUT2D eigenvalue weighted by Gasteiger charge is -2.27. The molecule has 4 nitrogen and oxygen atoms in total. The quantitative estimate of drug-likeness (QED) is 0.679. The zero-order chi connectivity index (χ0) is 21.1. The molecule has 0 saturated carbocycles. The fourth-order valence-corrected chi connectivity index (χ4v) is 3.58. The Hall–Kier alpha value is -2.40. The number of carbonyl (C=O) groups is 1. The first kappa shape index (κ1) is 21.3. The smallest absolute Gasteiger partial charge is 0.308 e. The van der Waals surface area contributed by atoms with Crippen molar-refractivity contribution in [3.8, 4) is 16.9 Å². The second kappa shape index (κ2) is 8.95. The molecule has 2 aromatic rings. The van der Waals surface area contributed by atoms with Gasteiger partial charge in [-0.05, 0) is 46.7 Å². The molecule has 156 valence electrons. The Morgan fingerprint density at radius 2 is 1.83 bits per heavy atom. The monoisotopic (exact) mass is 400 g/mol. The SMILES string of the molecule is CC(C)c1cc(-c2ccc(F)cc2)c(OC[C@@H]2C[C@@H](O)CC(=O)O2)c(C(C)C)c1. The second-order valence-electron chi connectivity index (χ2n) is 8.32. The molecule has 0 spiro atoms. The van der Waals surface area contributed by atoms with Crippen LogP contribution in [0.25, 0.3) is 11.1 Å². The average Bonchev–Trinajstić information content (AvgIpc) is 2.65. The molecule has 0 radical (unpaired) electrons. The fraction of sp³-hybridized carbons (Fsp3) is 0.458. The summed E-state index contributed by atoms with van der Waals surface area (Å²) in [5, 5.41) is 9.85. The highest BCUT2D eigenvalue weighted by molar-refractivity contribution is 5.74. The molecule has 0 aliphatic carbocycles. The van der Waals surface area contributed by atoms with Gasteiger partial charge in [0.25, 0.3) is 0 Å². The van der Waals surface area contributed by atoms with E-state index in [1.807, 2.05) is 0 Å². The first-order valence-electron chi connectivity index (χ1n) is 10.2. The summed E-state index contributed by atoms with van der Waals surface area (Å²) in [6.07, 6.45) is -0.803. The van der Waals surface area contributed by atoms with Gasteiger partial charge in [0.2, 0.25) is 0 Å². The lowest BCUT2D eigenvalue weighted by atomic mass is 9.89. The molecular weight excluding hydrogens is 371 g/mol. The number of carbonyl (C=O) groups excluding carboxylic acids is 1. The van der Waals surface area contributed by atoms with Crippen molar-refractivity contribution < 1.29 is 23.8 Å². The van der Waals surface area contributed by atoms with E-state index in [-0.39, 0.29) is 24.8 Å². The van der Waals surface area contributed by atoms with Crippen molar-refractivity contribution in [3.63, 3.8) is 0 Å². The lowest BCUT2D eigenvalue weighted by molar-refractivity contribution is -0.162. The Balaban J connectivity index is 2.00. The van der Waals surface area contributed by atoms with Gasteiger partial charge in [0, 0.05) is 12.0 Å². The van der Waals surface area contributed by atoms with Crippen LogP contribution < -0.4 is 4.74 Å². The minimum atomic E-state index is -0.700. The van der Waals surface area contributed by atoms with Crippen molar-refractivity contribution in [2.24, 2.45) is 0 Å². The molecule has 2 atom stereocenters. The van der Waals surface area contributed by atoms with E-state index in [1.165, 1.54) is 17.7 Å². The molecule has 5 heteroatoms. The van der Waals surface area contributed by atoms with Crippen LogP contribution in [0.5, 0.6) is 5.75 Å². The largest absolute Gasteiger partial charge is 0.489 e. The van der Waals surface area contributed by atoms with E-state index in [9.17, 15) is 14.3 Å². The van der Waals surface area contributed by atoms with Gasteiger partial charge < -0.3 is 14.6 Å². The minimum Gasteiger partial charge on any atom is -0.489 e. The third-order valence-electron chi connectivity index (χ3n) is 5.23. The Bertz CT molecular complexity index is 858. The topological polar surface area (TPSA) is 55.8 Å². The molecule has 29 heavy (non-hydrogen) atoms. The first-order chi connectivity index (χ1) is 13.7. The number of aliphatic hydroxyl groups excluding tert-OH is 1. The molecule has 1 saturated heterocycles. The fourth-order valence-electron chi connectivity index (χ4n) is 3.58. The van der Waals surface area contributed by atoms with Gasteiger partial charge in [0.05, 0.1) is 12.5 Å². The number of ether oxygens (including phenoxy) is 2. The summed E-state index contributed by atoms with van der Waals surface area (Å²) in [6.45, 7) is 8.64. The van der Waals surface area contributed by atoms with Gasteiger partial charge in [-0.2, -0.15) is 0 Å². The van der Waals surface area contributed by atoms with E-state index in [0.29, 0.717) is 18.1 Å². The van der Waals surface area contributed by atoms with Crippen LogP contribution in [0.3, 0.4) is 0 Å². The highest BCUT2D eigenvalue weighted by Crippen LogP contribution is 2.40. The van der Waals surface area contributed by atoms with Gasteiger partial charge in [0.15, 0.2) is 0 Å². The predicted octanol–water partition coefficient (Wildman–Crippen LogP) is 5.18. The van der Waals surface area contributed by atoms with Gasteiger partial charge in [-0.15, -0.1) is 0 Å². The summed E-state index contributed by atoms with van der Waals surface area (Å²) < 4.78 is 25.0. The van der Waals surface area contributed by atoms with Crippen LogP contribution in [0.1, 0.15) is 63.5 Å². The molecular formula is C24H29FO4. The van der Waals surface area contributed by atoms with Gasteiger partial charge >= 0.3 is 5.97 Å². The highest BCUT2D eigenvalue weighted by atomic mass is 19.1. The zero-order valence-corrected chi connectivity index (χ0v) is 17.4. The number of rotatable bonds is 6. The van der Waals surface area contributed by atoms with Crippen molar-refractivity contribution >= 4 is 5.97 Å². The number of hydrogen-bond acceptors (Lipinski definition) is 4. The molecule has 0 bridgehead atoms. The number of cyclic esters (lactones) is 1. The van der Waals surface area contributed by atoms with Crippen LogP contribution in [-0.4, -0.2) is 29.9 Å². The average molecular weight is 400 g/mol. The van der Waals surface area contributed by atoms with Crippen LogP contribution in [0.4, 0.5) is 4.39 Å². The number of aliphatic hydroxyl groups is 1. The Labute approximate surface area is 171 Å². The maximum absolute atomic E-state index is 13.5. The summed E-state index contributed by atoms with van der Waals surface area (Å²) in [5.74, 6) is 0.559. The maximum Gasteiger partial charge on any atom is 0.308 e. The van der Waals surface area contributed by atoms with Crippen molar-refractivity contribution in [1.82, 2.24) is 0 Å². The Kier molecular flexibility index (Phi) is 6.58. The summed E-state index contributed by atoms with van der Waals surface area (Å²) in [4.78, 5) is 11.6. The van der Waals surface area contributed by atoms with Crippen molar-refractivity contribution in [2.45, 2.75) is 64.6 Å². The number of hydrogen-bond donors (Lipinski definition) is 1. The second-order valence-corrected chi connectivity index (χ2v) is 8.32.